The Morgan fingerprint density at radius 2 is 1.56 bits per heavy atom. The number of aromatic amines is 2. The molecule has 2 saturated carbocycles. The van der Waals surface area contributed by atoms with Crippen LogP contribution >= 0.6 is 0 Å². The quantitative estimate of drug-likeness (QED) is 0.100. The number of carboxylic acid groups (broad SMARTS) is 1. The van der Waals surface area contributed by atoms with Gasteiger partial charge in [0.15, 0.2) is 0 Å². The van der Waals surface area contributed by atoms with Crippen molar-refractivity contribution in [3.8, 4) is 11.5 Å². The number of rotatable bonds is 12. The van der Waals surface area contributed by atoms with Crippen LogP contribution in [0.4, 0.5) is 0 Å². The molecular weight excluding hydrogens is 688 g/mol. The van der Waals surface area contributed by atoms with E-state index in [0.717, 1.165) is 99.1 Å². The highest BCUT2D eigenvalue weighted by Gasteiger charge is 2.35. The fraction of sp³-hybridized carbons (Fsp3) is 0.571. The lowest BCUT2D eigenvalue weighted by Crippen LogP contribution is -2.47. The molecule has 1 amide bonds. The zero-order valence-corrected chi connectivity index (χ0v) is 31.4. The van der Waals surface area contributed by atoms with Gasteiger partial charge in [-0.1, -0.05) is 25.5 Å². The van der Waals surface area contributed by atoms with Gasteiger partial charge < -0.3 is 49.7 Å². The zero-order chi connectivity index (χ0) is 37.7. The average molecular weight is 745 g/mol. The monoisotopic (exact) mass is 744 g/mol. The molecule has 12 nitrogen and oxygen atoms in total. The largest absolute Gasteiger partial charge is 0.493 e. The fourth-order valence-corrected chi connectivity index (χ4v) is 8.14. The Bertz CT molecular complexity index is 1870. The number of piperidine rings is 1. The number of likely N-dealkylation sites (tertiary alicyclic amines) is 1. The van der Waals surface area contributed by atoms with Crippen LogP contribution in [0.5, 0.6) is 11.5 Å². The van der Waals surface area contributed by atoms with Gasteiger partial charge in [-0.3, -0.25) is 4.79 Å². The minimum absolute atomic E-state index is 0.0775. The number of fused-ring (bicyclic) bond motifs is 2. The van der Waals surface area contributed by atoms with Crippen LogP contribution in [-0.4, -0.2) is 106 Å². The van der Waals surface area contributed by atoms with E-state index in [-0.39, 0.29) is 23.7 Å². The van der Waals surface area contributed by atoms with Crippen LogP contribution in [0.2, 0.25) is 0 Å². The maximum Gasteiger partial charge on any atom is 0.352 e. The number of carboxylic acids is 1. The molecule has 0 spiro atoms. The second-order valence-electron chi connectivity index (χ2n) is 16.1. The molecule has 2 saturated heterocycles. The number of benzene rings is 2. The second-order valence-corrected chi connectivity index (χ2v) is 16.1. The minimum atomic E-state index is -0.966. The summed E-state index contributed by atoms with van der Waals surface area (Å²) in [6.45, 7) is 7.64. The second kappa shape index (κ2) is 17.1. The number of aromatic nitrogens is 2. The Morgan fingerprint density at radius 3 is 2.15 bits per heavy atom. The summed E-state index contributed by atoms with van der Waals surface area (Å²) >= 11 is 0. The van der Waals surface area contributed by atoms with Gasteiger partial charge in [0.05, 0.1) is 31.5 Å². The summed E-state index contributed by atoms with van der Waals surface area (Å²) in [5.41, 5.74) is 1.77. The Labute approximate surface area is 316 Å². The summed E-state index contributed by atoms with van der Waals surface area (Å²) < 4.78 is 17.2. The van der Waals surface area contributed by atoms with Crippen LogP contribution in [0.25, 0.3) is 21.8 Å². The van der Waals surface area contributed by atoms with Crippen LogP contribution < -0.4 is 14.8 Å². The number of carbonyl (C=O) groups is 2. The number of carbonyl (C=O) groups excluding carboxylic acids is 1. The van der Waals surface area contributed by atoms with Gasteiger partial charge in [0.1, 0.15) is 22.9 Å². The van der Waals surface area contributed by atoms with E-state index in [1.165, 1.54) is 19.3 Å². The molecule has 0 bridgehead atoms. The predicted molar refractivity (Wildman–Crippen MR) is 206 cm³/mol. The summed E-state index contributed by atoms with van der Waals surface area (Å²) in [7, 11) is 0. The van der Waals surface area contributed by atoms with Crippen molar-refractivity contribution in [1.82, 2.24) is 20.2 Å². The highest BCUT2D eigenvalue weighted by Crippen LogP contribution is 2.34. The highest BCUT2D eigenvalue weighted by molar-refractivity contribution is 6.00. The molecule has 1 unspecified atom stereocenters. The molecule has 2 aliphatic carbocycles. The Kier molecular flexibility index (Phi) is 12.1. The first-order chi connectivity index (χ1) is 26.1. The van der Waals surface area contributed by atoms with Gasteiger partial charge in [-0.05, 0) is 106 Å². The fourth-order valence-electron chi connectivity index (χ4n) is 8.14. The molecule has 4 heterocycles. The van der Waals surface area contributed by atoms with Crippen molar-refractivity contribution in [2.24, 2.45) is 17.8 Å². The number of ether oxygens (including phenoxy) is 3. The summed E-state index contributed by atoms with van der Waals surface area (Å²) in [6, 6.07) is 15.1. The third-order valence-corrected chi connectivity index (χ3v) is 12.0. The maximum absolute atomic E-state index is 13.0. The number of nitrogens with zero attached hydrogens (tertiary/aromatic N) is 1. The lowest BCUT2D eigenvalue weighted by molar-refractivity contribution is -0.0272. The van der Waals surface area contributed by atoms with Crippen molar-refractivity contribution in [2.75, 3.05) is 46.1 Å². The van der Waals surface area contributed by atoms with E-state index in [1.54, 1.807) is 6.07 Å². The molecule has 2 aromatic heterocycles. The molecule has 292 valence electrons. The first-order valence-corrected chi connectivity index (χ1v) is 19.9. The van der Waals surface area contributed by atoms with Crippen molar-refractivity contribution in [3.63, 3.8) is 0 Å². The molecule has 8 rings (SSSR count). The number of amides is 1. The summed E-state index contributed by atoms with van der Waals surface area (Å²) in [5, 5.41) is 35.0. The van der Waals surface area contributed by atoms with E-state index in [4.69, 9.17) is 19.3 Å². The number of aromatic carboxylic acids is 1. The van der Waals surface area contributed by atoms with Gasteiger partial charge in [-0.25, -0.2) is 4.79 Å². The number of hydrogen-bond donors (Lipinski definition) is 6. The number of nitrogens with one attached hydrogen (secondary N) is 3. The first kappa shape index (κ1) is 38.2. The van der Waals surface area contributed by atoms with Gasteiger partial charge in [-0.2, -0.15) is 0 Å². The maximum atomic E-state index is 13.0. The van der Waals surface area contributed by atoms with Gasteiger partial charge in [0.2, 0.25) is 0 Å². The molecule has 3 atom stereocenters. The molecule has 12 heteroatoms. The van der Waals surface area contributed by atoms with Gasteiger partial charge in [-0.15, -0.1) is 0 Å². The average Bonchev–Trinajstić information content (AvgIpc) is 3.93. The summed E-state index contributed by atoms with van der Waals surface area (Å²) in [4.78, 5) is 32.4. The molecule has 54 heavy (non-hydrogen) atoms. The molecular formula is C42H56N4O8. The summed E-state index contributed by atoms with van der Waals surface area (Å²) in [6.07, 6.45) is 9.16. The van der Waals surface area contributed by atoms with Crippen molar-refractivity contribution >= 4 is 33.7 Å². The number of H-pyrrole nitrogens is 2. The minimum Gasteiger partial charge on any atom is -0.493 e. The molecule has 4 aromatic rings. The highest BCUT2D eigenvalue weighted by atomic mass is 16.5. The van der Waals surface area contributed by atoms with E-state index < -0.39 is 11.6 Å². The van der Waals surface area contributed by atoms with Crippen LogP contribution in [0.1, 0.15) is 92.1 Å². The lowest BCUT2D eigenvalue weighted by atomic mass is 9.80. The van der Waals surface area contributed by atoms with E-state index in [1.807, 2.05) is 42.5 Å². The Hall–Kier alpha value is -4.10. The number of hydrogen-bond acceptors (Lipinski definition) is 8. The van der Waals surface area contributed by atoms with Crippen LogP contribution in [-0.2, 0) is 4.74 Å². The molecule has 2 aliphatic heterocycles. The number of aliphatic hydroxyl groups excluding tert-OH is 1. The molecule has 6 N–H and O–H groups in total. The smallest absolute Gasteiger partial charge is 0.352 e. The van der Waals surface area contributed by atoms with E-state index in [9.17, 15) is 19.8 Å². The Morgan fingerprint density at radius 1 is 0.907 bits per heavy atom. The normalized spacial score (nSPS) is 26.2. The van der Waals surface area contributed by atoms with Gasteiger partial charge in [0, 0.05) is 60.0 Å². The first-order valence-electron chi connectivity index (χ1n) is 19.9. The topological polar surface area (TPSA) is 169 Å². The SMILES string of the molecule is C[C@H]1CN(CCC2(O)CCC(NC(=O)c3cc4c(OCC5CCC5)cccc4[nH]3)CC2)CC[C@@H]1O.O=C(O)c1cc2c(OCC3CCOC3)cccc2[nH]1. The van der Waals surface area contributed by atoms with E-state index in [0.29, 0.717) is 48.6 Å². The van der Waals surface area contributed by atoms with Crippen molar-refractivity contribution < 1.29 is 39.1 Å². The molecule has 0 radical (unpaired) electrons. The molecule has 4 fully saturated rings. The van der Waals surface area contributed by atoms with Crippen molar-refractivity contribution in [1.29, 1.82) is 0 Å². The lowest BCUT2D eigenvalue weighted by Gasteiger charge is -2.39. The van der Waals surface area contributed by atoms with Gasteiger partial charge >= 0.3 is 5.97 Å². The van der Waals surface area contributed by atoms with Crippen LogP contribution in [0, 0.1) is 17.8 Å². The molecule has 4 aliphatic rings. The third kappa shape index (κ3) is 9.39. The van der Waals surface area contributed by atoms with E-state index >= 15 is 0 Å². The van der Waals surface area contributed by atoms with E-state index in [2.05, 4.69) is 27.1 Å². The third-order valence-electron chi connectivity index (χ3n) is 12.0. The Balaban J connectivity index is 0.000000199. The zero-order valence-electron chi connectivity index (χ0n) is 31.4. The van der Waals surface area contributed by atoms with Crippen LogP contribution in [0.3, 0.4) is 0 Å². The van der Waals surface area contributed by atoms with Crippen molar-refractivity contribution in [3.05, 3.63) is 59.9 Å². The van der Waals surface area contributed by atoms with Crippen LogP contribution in [0.15, 0.2) is 48.5 Å². The van der Waals surface area contributed by atoms with Crippen molar-refractivity contribution in [2.45, 2.75) is 88.9 Å². The van der Waals surface area contributed by atoms with Gasteiger partial charge in [0.25, 0.3) is 5.91 Å². The molecule has 2 aromatic carbocycles. The standard InChI is InChI=1S/C28H41N3O4.C14H15NO4/c1-19-17-31(14-10-25(19)32)15-13-28(34)11-8-21(9-12-28)29-27(33)24-16-22-23(30-24)6-3-7-26(22)35-18-20-4-2-5-20;16-14(17)12-6-10-11(15-12)2-1-3-13(10)19-8-9-4-5-18-7-9/h3,6-7,16,19-21,25,30,32,34H,2,4-5,8-15,17-18H2,1H3,(H,29,33);1-3,6,9,15H,4-5,7-8H2,(H,16,17)/t19-,21?,25-,28?;/m0./s1. The number of aliphatic hydroxyl groups is 2. The predicted octanol–water partition coefficient (Wildman–Crippen LogP) is 6.12. The summed E-state index contributed by atoms with van der Waals surface area (Å²) in [5.74, 6) is 1.87.